The van der Waals surface area contributed by atoms with Crippen LogP contribution in [0.15, 0.2) is 23.8 Å². The van der Waals surface area contributed by atoms with Gasteiger partial charge in [-0.1, -0.05) is 0 Å². The fraction of sp³-hybridized carbons (Fsp3) is 0.400. The molecule has 8 heteroatoms. The zero-order chi connectivity index (χ0) is 16.1. The molecule has 0 unspecified atom stereocenters. The summed E-state index contributed by atoms with van der Waals surface area (Å²) in [7, 11) is 0. The summed E-state index contributed by atoms with van der Waals surface area (Å²) in [5, 5.41) is 4.89. The van der Waals surface area contributed by atoms with Gasteiger partial charge in [0.1, 0.15) is 0 Å². The molecular formula is C15H17N5O2S. The number of anilines is 1. The molecule has 7 nitrogen and oxygen atoms in total. The molecule has 0 spiro atoms. The molecule has 0 aromatic carbocycles. The van der Waals surface area contributed by atoms with Crippen molar-refractivity contribution < 1.29 is 9.59 Å². The van der Waals surface area contributed by atoms with Crippen LogP contribution >= 0.6 is 11.3 Å². The maximum atomic E-state index is 12.2. The van der Waals surface area contributed by atoms with Crippen molar-refractivity contribution in [2.45, 2.75) is 25.7 Å². The van der Waals surface area contributed by atoms with Crippen molar-refractivity contribution in [3.63, 3.8) is 0 Å². The second-order valence-electron chi connectivity index (χ2n) is 5.29. The molecule has 1 aliphatic heterocycles. The van der Waals surface area contributed by atoms with E-state index in [1.165, 1.54) is 30.2 Å². The minimum absolute atomic E-state index is 0.0913. The molecule has 1 saturated heterocycles. The van der Waals surface area contributed by atoms with Crippen molar-refractivity contribution in [3.8, 4) is 0 Å². The summed E-state index contributed by atoms with van der Waals surface area (Å²) < 4.78 is 0. The molecule has 1 N–H and O–H groups in total. The van der Waals surface area contributed by atoms with Gasteiger partial charge in [0.25, 0.3) is 5.91 Å². The highest BCUT2D eigenvalue weighted by Crippen LogP contribution is 2.18. The predicted octanol–water partition coefficient (Wildman–Crippen LogP) is 1.74. The third-order valence-corrected chi connectivity index (χ3v) is 4.39. The number of aromatic nitrogens is 3. The van der Waals surface area contributed by atoms with Crippen LogP contribution in [0, 0.1) is 0 Å². The van der Waals surface area contributed by atoms with E-state index in [1.54, 1.807) is 11.4 Å². The molecule has 0 aliphatic carbocycles. The van der Waals surface area contributed by atoms with E-state index in [0.29, 0.717) is 10.8 Å². The lowest BCUT2D eigenvalue weighted by atomic mass is 10.1. The van der Waals surface area contributed by atoms with Gasteiger partial charge in [0.05, 0.1) is 12.1 Å². The van der Waals surface area contributed by atoms with E-state index in [0.717, 1.165) is 25.9 Å². The average Bonchev–Trinajstić information content (AvgIpc) is 3.03. The first-order chi connectivity index (χ1) is 11.2. The Bertz CT molecular complexity index is 682. The van der Waals surface area contributed by atoms with Gasteiger partial charge in [-0.3, -0.25) is 14.9 Å². The maximum Gasteiger partial charge on any atom is 0.295 e. The smallest absolute Gasteiger partial charge is 0.295 e. The molecule has 1 fully saturated rings. The van der Waals surface area contributed by atoms with E-state index in [2.05, 4.69) is 20.3 Å². The number of amides is 2. The van der Waals surface area contributed by atoms with E-state index in [-0.39, 0.29) is 18.2 Å². The second-order valence-corrected chi connectivity index (χ2v) is 6.15. The number of hydrogen-bond donors (Lipinski definition) is 1. The number of nitrogens with zero attached hydrogens (tertiary/aromatic N) is 4. The first-order valence-electron chi connectivity index (χ1n) is 7.53. The third-order valence-electron chi connectivity index (χ3n) is 3.58. The van der Waals surface area contributed by atoms with Gasteiger partial charge < -0.3 is 4.90 Å². The van der Waals surface area contributed by atoms with E-state index in [9.17, 15) is 9.59 Å². The topological polar surface area (TPSA) is 88.1 Å². The molecule has 120 valence electrons. The minimum atomic E-state index is -0.408. The number of piperidine rings is 1. The van der Waals surface area contributed by atoms with Gasteiger partial charge in [-0.25, -0.2) is 15.0 Å². The van der Waals surface area contributed by atoms with Gasteiger partial charge in [0.2, 0.25) is 11.7 Å². The third kappa shape index (κ3) is 4.10. The molecule has 3 rings (SSSR count). The van der Waals surface area contributed by atoms with Crippen LogP contribution in [-0.2, 0) is 11.2 Å². The number of nitrogens with one attached hydrogen (secondary N) is 1. The second kappa shape index (κ2) is 7.28. The van der Waals surface area contributed by atoms with Gasteiger partial charge in [-0.2, -0.15) is 0 Å². The molecule has 2 aromatic rings. The van der Waals surface area contributed by atoms with Gasteiger partial charge in [0, 0.05) is 30.9 Å². The lowest BCUT2D eigenvalue weighted by molar-refractivity contribution is -0.131. The number of thiazole rings is 1. The summed E-state index contributed by atoms with van der Waals surface area (Å²) in [6.45, 7) is 1.66. The molecule has 2 amide bonds. The first kappa shape index (κ1) is 15.5. The summed E-state index contributed by atoms with van der Waals surface area (Å²) in [6, 6.07) is 1.64. The van der Waals surface area contributed by atoms with Gasteiger partial charge in [-0.05, 0) is 25.3 Å². The molecule has 2 aromatic heterocycles. The number of carbonyl (C=O) groups excluding carboxylic acids is 2. The van der Waals surface area contributed by atoms with Crippen molar-refractivity contribution in [1.82, 2.24) is 19.9 Å². The van der Waals surface area contributed by atoms with E-state index < -0.39 is 5.91 Å². The largest absolute Gasteiger partial charge is 0.342 e. The van der Waals surface area contributed by atoms with Crippen LogP contribution in [-0.4, -0.2) is 44.8 Å². The number of carbonyl (C=O) groups is 2. The zero-order valence-corrected chi connectivity index (χ0v) is 13.4. The monoisotopic (exact) mass is 331 g/mol. The lowest BCUT2D eigenvalue weighted by Crippen LogP contribution is -2.36. The Kier molecular flexibility index (Phi) is 4.92. The van der Waals surface area contributed by atoms with Crippen LogP contribution < -0.4 is 5.32 Å². The quantitative estimate of drug-likeness (QED) is 0.922. The zero-order valence-electron chi connectivity index (χ0n) is 12.6. The highest BCUT2D eigenvalue weighted by Gasteiger charge is 2.18. The Morgan fingerprint density at radius 2 is 1.91 bits per heavy atom. The maximum absolute atomic E-state index is 12.2. The minimum Gasteiger partial charge on any atom is -0.342 e. The molecule has 1 aliphatic rings. The molecule has 0 bridgehead atoms. The Hall–Kier alpha value is -2.35. The Morgan fingerprint density at radius 3 is 2.65 bits per heavy atom. The summed E-state index contributed by atoms with van der Waals surface area (Å²) >= 11 is 1.29. The summed E-state index contributed by atoms with van der Waals surface area (Å²) in [6.07, 6.45) is 6.62. The average molecular weight is 331 g/mol. The Morgan fingerprint density at radius 1 is 1.17 bits per heavy atom. The van der Waals surface area contributed by atoms with Crippen LogP contribution in [0.5, 0.6) is 0 Å². The van der Waals surface area contributed by atoms with Gasteiger partial charge in [0.15, 0.2) is 5.13 Å². The summed E-state index contributed by atoms with van der Waals surface area (Å²) in [4.78, 5) is 38.1. The number of likely N-dealkylation sites (tertiary alicyclic amines) is 1. The highest BCUT2D eigenvalue weighted by molar-refractivity contribution is 7.14. The van der Waals surface area contributed by atoms with E-state index in [1.807, 2.05) is 4.90 Å². The predicted molar refractivity (Wildman–Crippen MR) is 86.2 cm³/mol. The molecular weight excluding hydrogens is 314 g/mol. The summed E-state index contributed by atoms with van der Waals surface area (Å²) in [5.74, 6) is -0.221. The van der Waals surface area contributed by atoms with Crippen molar-refractivity contribution in [2.24, 2.45) is 0 Å². The SMILES string of the molecule is O=C(Nc1nc(CC(=O)N2CCCCC2)cs1)c1ncccn1. The van der Waals surface area contributed by atoms with Crippen molar-refractivity contribution >= 4 is 28.3 Å². The molecule has 23 heavy (non-hydrogen) atoms. The van der Waals surface area contributed by atoms with Crippen molar-refractivity contribution in [2.75, 3.05) is 18.4 Å². The van der Waals surface area contributed by atoms with Crippen LogP contribution in [0.3, 0.4) is 0 Å². The normalized spacial score (nSPS) is 14.5. The fourth-order valence-corrected chi connectivity index (χ4v) is 3.13. The highest BCUT2D eigenvalue weighted by atomic mass is 32.1. The van der Waals surface area contributed by atoms with Crippen molar-refractivity contribution in [3.05, 3.63) is 35.4 Å². The standard InChI is InChI=1S/C15H17N5O2S/c21-12(20-7-2-1-3-8-20)9-11-10-23-15(18-11)19-14(22)13-16-5-4-6-17-13/h4-6,10H,1-3,7-9H2,(H,18,19,22). The fourth-order valence-electron chi connectivity index (χ4n) is 2.42. The van der Waals surface area contributed by atoms with E-state index >= 15 is 0 Å². The van der Waals surface area contributed by atoms with Gasteiger partial charge >= 0.3 is 0 Å². The van der Waals surface area contributed by atoms with Crippen LogP contribution in [0.4, 0.5) is 5.13 Å². The lowest BCUT2D eigenvalue weighted by Gasteiger charge is -2.26. The number of rotatable bonds is 4. The number of hydrogen-bond acceptors (Lipinski definition) is 6. The van der Waals surface area contributed by atoms with E-state index in [4.69, 9.17) is 0 Å². The summed E-state index contributed by atoms with van der Waals surface area (Å²) in [5.41, 5.74) is 0.676. The molecule has 0 saturated carbocycles. The van der Waals surface area contributed by atoms with Crippen LogP contribution in [0.1, 0.15) is 35.6 Å². The van der Waals surface area contributed by atoms with Crippen LogP contribution in [0.2, 0.25) is 0 Å². The van der Waals surface area contributed by atoms with Crippen molar-refractivity contribution in [1.29, 1.82) is 0 Å². The molecule has 0 atom stereocenters. The van der Waals surface area contributed by atoms with Crippen LogP contribution in [0.25, 0.3) is 0 Å². The first-order valence-corrected chi connectivity index (χ1v) is 8.41. The Balaban J connectivity index is 1.57. The van der Waals surface area contributed by atoms with Gasteiger partial charge in [-0.15, -0.1) is 11.3 Å². The molecule has 0 radical (unpaired) electrons. The Labute approximate surface area is 137 Å². The molecule has 3 heterocycles.